The number of ether oxygens (including phenoxy) is 5. The Kier molecular flexibility index (Phi) is 15.0. The van der Waals surface area contributed by atoms with Gasteiger partial charge in [-0.2, -0.15) is 0 Å². The van der Waals surface area contributed by atoms with Gasteiger partial charge in [-0.05, 0) is 103 Å². The monoisotopic (exact) mass is 825 g/mol. The van der Waals surface area contributed by atoms with Crippen LogP contribution in [0.25, 0.3) is 16.6 Å². The van der Waals surface area contributed by atoms with Gasteiger partial charge >= 0.3 is 5.97 Å². The number of hydrogen-bond acceptors (Lipinski definition) is 13. The first-order valence-corrected chi connectivity index (χ1v) is 21.3. The van der Waals surface area contributed by atoms with E-state index in [2.05, 4.69) is 9.98 Å². The smallest absolute Gasteiger partial charge is 0.316 e. The number of rotatable bonds is 6. The highest BCUT2D eigenvalue weighted by Gasteiger charge is 2.53. The molecule has 3 saturated heterocycles. The molecule has 0 radical (unpaired) electrons. The number of nitrogens with zero attached hydrogens (tertiary/aromatic N) is 3. The van der Waals surface area contributed by atoms with E-state index in [1.165, 1.54) is 13.8 Å². The zero-order chi connectivity index (χ0) is 42.7. The van der Waals surface area contributed by atoms with Gasteiger partial charge in [0.1, 0.15) is 23.7 Å². The summed E-state index contributed by atoms with van der Waals surface area (Å²) in [7, 11) is 3.77. The van der Waals surface area contributed by atoms with Crippen molar-refractivity contribution in [1.29, 1.82) is 0 Å². The highest BCUT2D eigenvalue weighted by molar-refractivity contribution is 7.16. The number of thiophene rings is 1. The summed E-state index contributed by atoms with van der Waals surface area (Å²) in [6.07, 6.45) is -0.994. The lowest BCUT2D eigenvalue weighted by Gasteiger charge is -2.47. The zero-order valence-electron chi connectivity index (χ0n) is 35.8. The van der Waals surface area contributed by atoms with Crippen LogP contribution in [0.2, 0.25) is 0 Å². The molecule has 2 N–H and O–H groups in total. The van der Waals surface area contributed by atoms with Crippen LogP contribution in [0.1, 0.15) is 86.5 Å². The molecule has 5 heterocycles. The van der Waals surface area contributed by atoms with Gasteiger partial charge in [0.05, 0.1) is 47.7 Å². The number of aromatic nitrogens is 1. The minimum atomic E-state index is -1.79. The van der Waals surface area contributed by atoms with E-state index >= 15 is 0 Å². The zero-order valence-corrected chi connectivity index (χ0v) is 36.7. The average molecular weight is 826 g/mol. The molecule has 1 amide bonds. The molecule has 2 aromatic heterocycles. The van der Waals surface area contributed by atoms with E-state index in [1.807, 2.05) is 83.1 Å². The van der Waals surface area contributed by atoms with Crippen LogP contribution in [0.3, 0.4) is 0 Å². The highest BCUT2D eigenvalue weighted by Crippen LogP contribution is 2.41. The second kappa shape index (κ2) is 19.0. The molecule has 5 rings (SSSR count). The van der Waals surface area contributed by atoms with Gasteiger partial charge in [0.15, 0.2) is 12.1 Å². The fourth-order valence-electron chi connectivity index (χ4n) is 8.93. The molecule has 3 aliphatic heterocycles. The van der Waals surface area contributed by atoms with Crippen LogP contribution in [0.5, 0.6) is 0 Å². The standard InChI is InChI=1S/C44H63N3O10S/c1-12-35-44(9,52)40-26(4)36(46-29(7)48)24(2)21-43(8,54-23-30(22-53-40)20-31-16-17-34(58-31)32-15-13-14-18-45-32)39(27(5)37(49)28(6)41(51)56-35)57-42-38(50)33(47(10)11)19-25(3)55-42/h13-18,20,24-28,33,35,38-40,42,50,52H,12,19,21-23H2,1-11H3/b30-20-,46-36?/t24?,25-,26?,27+,28-,33+,35+,38?,39?,40?,42+,43-,44-/m1/s1. The largest absolute Gasteiger partial charge is 0.459 e. The predicted octanol–water partition coefficient (Wildman–Crippen LogP) is 5.76. The Labute approximate surface area is 347 Å². The van der Waals surface area contributed by atoms with Crippen molar-refractivity contribution in [3.63, 3.8) is 0 Å². The molecule has 3 aliphatic rings. The van der Waals surface area contributed by atoms with Crippen LogP contribution in [-0.2, 0) is 38.1 Å². The fourth-order valence-corrected chi connectivity index (χ4v) is 9.91. The van der Waals surface area contributed by atoms with Crippen molar-refractivity contribution in [2.24, 2.45) is 28.7 Å². The number of likely N-dealkylation sites (N-methyl/N-ethyl adjacent to an activating group) is 1. The molecule has 320 valence electrons. The summed E-state index contributed by atoms with van der Waals surface area (Å²) in [6, 6.07) is 9.45. The summed E-state index contributed by atoms with van der Waals surface area (Å²) in [5, 5.41) is 24.2. The molecular weight excluding hydrogens is 763 g/mol. The molecule has 2 bridgehead atoms. The Morgan fingerprint density at radius 1 is 1.09 bits per heavy atom. The number of Topliss-reactive ketones (excluding diaryl/α,β-unsaturated/α-hetero) is 1. The SMILES string of the molecule is CC[C@@H]1OC(=O)[C@H](C)C(=O)[C@H](C)C(O[C@@H]2O[C@H](C)C[C@H](N(C)C)C2O)[C@@]2(C)CC(C)C(=NC(C)=O)C(C)C(OC/C(=C/c3ccc(-c4ccccn4)s3)CO2)[C@]1(C)O. The van der Waals surface area contributed by atoms with E-state index in [0.29, 0.717) is 12.1 Å². The first-order valence-electron chi connectivity index (χ1n) is 20.4. The molecule has 13 nitrogen and oxygen atoms in total. The van der Waals surface area contributed by atoms with E-state index in [-0.39, 0.29) is 38.2 Å². The van der Waals surface area contributed by atoms with Crippen molar-refractivity contribution in [3.8, 4) is 10.6 Å². The van der Waals surface area contributed by atoms with E-state index < -0.39 is 83.2 Å². The maximum absolute atomic E-state index is 14.5. The molecule has 2 aromatic rings. The van der Waals surface area contributed by atoms with Crippen LogP contribution < -0.4 is 0 Å². The number of pyridine rings is 1. The van der Waals surface area contributed by atoms with E-state index in [9.17, 15) is 24.6 Å². The summed E-state index contributed by atoms with van der Waals surface area (Å²) in [6.45, 7) is 15.5. The number of carbonyl (C=O) groups is 3. The average Bonchev–Trinajstić information content (AvgIpc) is 3.64. The van der Waals surface area contributed by atoms with Crippen molar-refractivity contribution in [1.82, 2.24) is 9.88 Å². The van der Waals surface area contributed by atoms with Gasteiger partial charge in [0.25, 0.3) is 0 Å². The second-order valence-electron chi connectivity index (χ2n) is 17.1. The number of cyclic esters (lactones) is 1. The molecule has 0 aliphatic carbocycles. The summed E-state index contributed by atoms with van der Waals surface area (Å²) >= 11 is 1.55. The lowest BCUT2D eigenvalue weighted by Crippen LogP contribution is -2.60. The normalized spacial score (nSPS) is 38.6. The molecule has 13 atom stereocenters. The number of fused-ring (bicyclic) bond motifs is 5. The summed E-state index contributed by atoms with van der Waals surface area (Å²) in [5.74, 6) is -5.05. The van der Waals surface area contributed by atoms with Gasteiger partial charge in [-0.3, -0.25) is 19.4 Å². The topological polar surface area (TPSA) is 166 Å². The van der Waals surface area contributed by atoms with Gasteiger partial charge in [-0.15, -0.1) is 11.3 Å². The molecule has 58 heavy (non-hydrogen) atoms. The first-order chi connectivity index (χ1) is 27.3. The summed E-state index contributed by atoms with van der Waals surface area (Å²) in [4.78, 5) is 54.2. The van der Waals surface area contributed by atoms with E-state index in [4.69, 9.17) is 23.7 Å². The second-order valence-corrected chi connectivity index (χ2v) is 18.2. The molecule has 14 heteroatoms. The molecular formula is C44H63N3O10S. The molecule has 0 saturated carbocycles. The minimum Gasteiger partial charge on any atom is -0.459 e. The van der Waals surface area contributed by atoms with E-state index in [1.54, 1.807) is 38.3 Å². The molecule has 0 aromatic carbocycles. The lowest BCUT2D eigenvalue weighted by atomic mass is 9.73. The molecule has 5 unspecified atom stereocenters. The van der Waals surface area contributed by atoms with Crippen LogP contribution in [0, 0.1) is 23.7 Å². The molecule has 3 fully saturated rings. The van der Waals surface area contributed by atoms with Crippen LogP contribution in [-0.4, -0.2) is 125 Å². The summed E-state index contributed by atoms with van der Waals surface area (Å²) in [5.41, 5.74) is -1.10. The number of carbonyl (C=O) groups excluding carboxylic acids is 3. The fraction of sp³-hybridized carbons (Fsp3) is 0.659. The Hall–Kier alpha value is -3.21. The number of hydrogen-bond donors (Lipinski definition) is 2. The highest BCUT2D eigenvalue weighted by atomic mass is 32.1. The third-order valence-corrected chi connectivity index (χ3v) is 13.1. The first kappa shape index (κ1) is 45.9. The van der Waals surface area contributed by atoms with Gasteiger partial charge in [-0.25, -0.2) is 4.99 Å². The van der Waals surface area contributed by atoms with Crippen molar-refractivity contribution in [2.45, 2.75) is 136 Å². The minimum absolute atomic E-state index is 0.00688. The van der Waals surface area contributed by atoms with Gasteiger partial charge in [0.2, 0.25) is 5.91 Å². The third-order valence-electron chi connectivity index (χ3n) is 12.0. The summed E-state index contributed by atoms with van der Waals surface area (Å²) < 4.78 is 32.9. The number of aliphatic hydroxyl groups excluding tert-OH is 1. The van der Waals surface area contributed by atoms with Crippen LogP contribution >= 0.6 is 11.3 Å². The third kappa shape index (κ3) is 10.2. The Morgan fingerprint density at radius 2 is 1.81 bits per heavy atom. The van der Waals surface area contributed by atoms with Crippen molar-refractivity contribution in [2.75, 3.05) is 27.3 Å². The number of aliphatic imine (C=N–C) groups is 1. The van der Waals surface area contributed by atoms with Crippen molar-refractivity contribution >= 4 is 40.8 Å². The predicted molar refractivity (Wildman–Crippen MR) is 222 cm³/mol. The number of aliphatic hydroxyl groups is 2. The Bertz CT molecular complexity index is 1810. The number of ketones is 1. The van der Waals surface area contributed by atoms with Crippen molar-refractivity contribution in [3.05, 3.63) is 47.0 Å². The Morgan fingerprint density at radius 3 is 2.45 bits per heavy atom. The molecule has 0 spiro atoms. The van der Waals surface area contributed by atoms with Gasteiger partial charge in [-0.1, -0.05) is 33.8 Å². The van der Waals surface area contributed by atoms with E-state index in [0.717, 1.165) is 21.0 Å². The lowest BCUT2D eigenvalue weighted by molar-refractivity contribution is -0.296. The quantitative estimate of drug-likeness (QED) is 0.268. The van der Waals surface area contributed by atoms with Gasteiger partial charge in [0, 0.05) is 41.6 Å². The van der Waals surface area contributed by atoms with Gasteiger partial charge < -0.3 is 38.8 Å². The van der Waals surface area contributed by atoms with Crippen LogP contribution in [0.4, 0.5) is 0 Å². The number of esters is 1. The number of amides is 1. The van der Waals surface area contributed by atoms with Crippen LogP contribution in [0.15, 0.2) is 47.1 Å². The van der Waals surface area contributed by atoms with Crippen molar-refractivity contribution < 1.29 is 48.3 Å². The maximum atomic E-state index is 14.5. The maximum Gasteiger partial charge on any atom is 0.316 e. The Balaban J connectivity index is 1.72.